The second-order valence-electron chi connectivity index (χ2n) is 14.1. The van der Waals surface area contributed by atoms with Crippen LogP contribution in [0.5, 0.6) is 11.5 Å². The molecular formula is C31H41NO9SSi. The molecule has 7 atom stereocenters. The number of fused-ring (bicyclic) bond motifs is 5. The molecule has 1 saturated carbocycles. The lowest BCUT2D eigenvalue weighted by atomic mass is 9.61. The number of hydrogen-bond acceptors (Lipinski definition) is 9. The molecule has 0 aromatic heterocycles. The summed E-state index contributed by atoms with van der Waals surface area (Å²) in [5.41, 5.74) is 1.87. The molecule has 2 N–H and O–H groups in total. The number of hydrogen-bond donors (Lipinski definition) is 2. The number of benzene rings is 2. The average molecular weight is 632 g/mol. The van der Waals surface area contributed by atoms with Crippen molar-refractivity contribution in [1.82, 2.24) is 4.72 Å². The van der Waals surface area contributed by atoms with Gasteiger partial charge in [0.1, 0.15) is 18.3 Å². The van der Waals surface area contributed by atoms with Crippen LogP contribution in [0.3, 0.4) is 0 Å². The van der Waals surface area contributed by atoms with Gasteiger partial charge < -0.3 is 28.5 Å². The standard InChI is InChI=1S/C31H41NO9SSi/c1-16-9-11-17(12-10-16)42(35,36)32-24-22-18-13-20-21(38-15-37-20)14-19(18)25(33)26(34)23(22)27(41-43(7,8)30(2,3)4)29-28(24)39-31(5,6)40-29/h9-14,22-25,27-29,32-33H,15H2,1-8H3/t22?,23-,24+,25?,27-,28-,29+/m0/s1. The Kier molecular flexibility index (Phi) is 7.21. The van der Waals surface area contributed by atoms with E-state index in [-0.39, 0.29) is 16.7 Å². The Hall–Kier alpha value is -2.32. The maximum Gasteiger partial charge on any atom is 0.240 e. The number of Topliss-reactive ketones (excluding diaryl/α,β-unsaturated/α-hetero) is 1. The third-order valence-corrected chi connectivity index (χ3v) is 15.6. The first kappa shape index (κ1) is 30.7. The topological polar surface area (TPSA) is 130 Å². The number of nitrogens with one attached hydrogen (secondary N) is 1. The zero-order chi connectivity index (χ0) is 31.3. The third kappa shape index (κ3) is 5.14. The van der Waals surface area contributed by atoms with Gasteiger partial charge in [0.15, 0.2) is 31.4 Å². The van der Waals surface area contributed by atoms with Gasteiger partial charge in [0.2, 0.25) is 16.8 Å². The van der Waals surface area contributed by atoms with Gasteiger partial charge in [0.05, 0.1) is 23.0 Å². The minimum atomic E-state index is -4.07. The summed E-state index contributed by atoms with van der Waals surface area (Å²) in [5.74, 6) is -2.33. The van der Waals surface area contributed by atoms with Gasteiger partial charge >= 0.3 is 0 Å². The Morgan fingerprint density at radius 1 is 0.977 bits per heavy atom. The van der Waals surface area contributed by atoms with Gasteiger partial charge in [-0.15, -0.1) is 0 Å². The van der Waals surface area contributed by atoms with Crippen LogP contribution in [-0.4, -0.2) is 64.6 Å². The van der Waals surface area contributed by atoms with Gasteiger partial charge in [-0.05, 0) is 74.3 Å². The largest absolute Gasteiger partial charge is 0.454 e. The van der Waals surface area contributed by atoms with Gasteiger partial charge in [-0.1, -0.05) is 38.5 Å². The predicted molar refractivity (Wildman–Crippen MR) is 160 cm³/mol. The van der Waals surface area contributed by atoms with E-state index in [0.717, 1.165) is 5.56 Å². The highest BCUT2D eigenvalue weighted by atomic mass is 32.2. The molecule has 10 nitrogen and oxygen atoms in total. The quantitative estimate of drug-likeness (QED) is 0.464. The first-order valence-corrected chi connectivity index (χ1v) is 19.1. The highest BCUT2D eigenvalue weighted by molar-refractivity contribution is 7.89. The third-order valence-electron chi connectivity index (χ3n) is 9.66. The van der Waals surface area contributed by atoms with Crippen LogP contribution in [0.15, 0.2) is 41.3 Å². The fourth-order valence-corrected chi connectivity index (χ4v) is 9.09. The Labute approximate surface area is 254 Å². The smallest absolute Gasteiger partial charge is 0.240 e. The van der Waals surface area contributed by atoms with Crippen molar-refractivity contribution in [1.29, 1.82) is 0 Å². The van der Waals surface area contributed by atoms with Crippen LogP contribution in [0.1, 0.15) is 63.3 Å². The lowest BCUT2D eigenvalue weighted by molar-refractivity contribution is -0.159. The molecule has 2 fully saturated rings. The number of rotatable bonds is 5. The molecule has 4 aliphatic rings. The molecule has 2 aromatic carbocycles. The Bertz CT molecular complexity index is 1550. The second kappa shape index (κ2) is 10.1. The summed E-state index contributed by atoms with van der Waals surface area (Å²) < 4.78 is 61.9. The molecule has 1 saturated heterocycles. The fourth-order valence-electron chi connectivity index (χ4n) is 6.51. The number of aliphatic hydroxyl groups excluding tert-OH is 1. The van der Waals surface area contributed by atoms with Crippen molar-refractivity contribution in [2.45, 2.75) is 107 Å². The van der Waals surface area contributed by atoms with E-state index in [9.17, 15) is 18.3 Å². The molecule has 2 unspecified atom stereocenters. The molecular weight excluding hydrogens is 590 g/mol. The second-order valence-corrected chi connectivity index (χ2v) is 20.5. The molecule has 12 heteroatoms. The number of carbonyl (C=O) groups excluding carboxylic acids is 1. The van der Waals surface area contributed by atoms with E-state index in [1.54, 1.807) is 50.2 Å². The van der Waals surface area contributed by atoms with E-state index >= 15 is 0 Å². The zero-order valence-electron chi connectivity index (χ0n) is 25.8. The Morgan fingerprint density at radius 3 is 2.16 bits per heavy atom. The Balaban J connectivity index is 1.54. The molecule has 2 heterocycles. The molecule has 0 radical (unpaired) electrons. The number of sulfonamides is 1. The zero-order valence-corrected chi connectivity index (χ0v) is 27.7. The maximum absolute atomic E-state index is 14.3. The fraction of sp³-hybridized carbons (Fsp3) is 0.581. The van der Waals surface area contributed by atoms with Gasteiger partial charge in [0, 0.05) is 5.92 Å². The summed E-state index contributed by atoms with van der Waals surface area (Å²) in [6, 6.07) is 9.01. The van der Waals surface area contributed by atoms with Gasteiger partial charge in [-0.3, -0.25) is 4.79 Å². The van der Waals surface area contributed by atoms with Crippen LogP contribution in [0, 0.1) is 12.8 Å². The van der Waals surface area contributed by atoms with Gasteiger partial charge in [0.25, 0.3) is 0 Å². The lowest BCUT2D eigenvalue weighted by Crippen LogP contribution is -2.66. The van der Waals surface area contributed by atoms with Crippen molar-refractivity contribution >= 4 is 24.1 Å². The number of ketones is 1. The van der Waals surface area contributed by atoms with Crippen LogP contribution in [0.4, 0.5) is 0 Å². The molecule has 0 spiro atoms. The maximum atomic E-state index is 14.3. The van der Waals surface area contributed by atoms with Crippen LogP contribution in [0.2, 0.25) is 18.1 Å². The number of aliphatic hydroxyl groups is 1. The van der Waals surface area contributed by atoms with E-state index in [4.69, 9.17) is 23.4 Å². The van der Waals surface area contributed by atoms with E-state index in [1.807, 2.05) is 6.92 Å². The highest BCUT2D eigenvalue weighted by Crippen LogP contribution is 2.55. The normalized spacial score (nSPS) is 31.4. The predicted octanol–water partition coefficient (Wildman–Crippen LogP) is 4.31. The van der Waals surface area contributed by atoms with E-state index in [2.05, 4.69) is 38.6 Å². The molecule has 2 aliphatic carbocycles. The molecule has 43 heavy (non-hydrogen) atoms. The van der Waals surface area contributed by atoms with Gasteiger partial charge in [-0.2, -0.15) is 0 Å². The summed E-state index contributed by atoms with van der Waals surface area (Å²) in [4.78, 5) is 14.4. The number of carbonyl (C=O) groups is 1. The van der Waals surface area contributed by atoms with Gasteiger partial charge in [-0.25, -0.2) is 13.1 Å². The van der Waals surface area contributed by atoms with Crippen LogP contribution in [0.25, 0.3) is 0 Å². The first-order valence-electron chi connectivity index (χ1n) is 14.7. The van der Waals surface area contributed by atoms with Crippen molar-refractivity contribution < 1.29 is 41.7 Å². The molecule has 234 valence electrons. The monoisotopic (exact) mass is 631 g/mol. The SMILES string of the molecule is Cc1ccc(S(=O)(=O)N[C@@H]2C3c4cc5c(cc4C(O)C(=O)[C@H]3[C@H](O[Si](C)(C)C(C)(C)C)[C@H]3OC(C)(C)O[C@H]32)OCO5)cc1. The number of aryl methyl sites for hydroxylation is 1. The van der Waals surface area contributed by atoms with E-state index < -0.39 is 72.2 Å². The summed E-state index contributed by atoms with van der Waals surface area (Å²) >= 11 is 0. The minimum absolute atomic E-state index is 0.00674. The highest BCUT2D eigenvalue weighted by Gasteiger charge is 2.64. The Morgan fingerprint density at radius 2 is 1.56 bits per heavy atom. The van der Waals surface area contributed by atoms with E-state index in [0.29, 0.717) is 22.6 Å². The molecule has 6 rings (SSSR count). The van der Waals surface area contributed by atoms with Crippen molar-refractivity contribution in [3.8, 4) is 11.5 Å². The number of ether oxygens (including phenoxy) is 4. The molecule has 2 aliphatic heterocycles. The summed E-state index contributed by atoms with van der Waals surface area (Å²) in [5, 5.41) is 11.2. The summed E-state index contributed by atoms with van der Waals surface area (Å²) in [6.07, 6.45) is -3.83. The van der Waals surface area contributed by atoms with E-state index in [1.165, 1.54) is 0 Å². The summed E-state index contributed by atoms with van der Waals surface area (Å²) in [6.45, 7) is 16.0. The minimum Gasteiger partial charge on any atom is -0.454 e. The molecule has 0 amide bonds. The van der Waals surface area contributed by atoms with Crippen molar-refractivity contribution in [3.05, 3.63) is 53.1 Å². The van der Waals surface area contributed by atoms with Crippen LogP contribution >= 0.6 is 0 Å². The van der Waals surface area contributed by atoms with Crippen LogP contribution < -0.4 is 14.2 Å². The average Bonchev–Trinajstić information content (AvgIpc) is 3.49. The van der Waals surface area contributed by atoms with Crippen molar-refractivity contribution in [2.24, 2.45) is 5.92 Å². The van der Waals surface area contributed by atoms with Crippen LogP contribution in [-0.2, 0) is 28.7 Å². The molecule has 2 aromatic rings. The summed E-state index contributed by atoms with van der Waals surface area (Å²) in [7, 11) is -6.59. The van der Waals surface area contributed by atoms with Crippen molar-refractivity contribution in [3.63, 3.8) is 0 Å². The molecule has 0 bridgehead atoms. The van der Waals surface area contributed by atoms with Crippen molar-refractivity contribution in [2.75, 3.05) is 6.79 Å². The lowest BCUT2D eigenvalue weighted by Gasteiger charge is -2.52. The first-order chi connectivity index (χ1) is 19.9.